The molecule has 0 fully saturated rings. The van der Waals surface area contributed by atoms with E-state index >= 15 is 0 Å². The normalized spacial score (nSPS) is 10.5. The minimum absolute atomic E-state index is 0.215. The lowest BCUT2D eigenvalue weighted by Gasteiger charge is -2.09. The molecule has 0 heterocycles. The van der Waals surface area contributed by atoms with Crippen LogP contribution in [0.1, 0.15) is 11.1 Å². The molecule has 20 heavy (non-hydrogen) atoms. The van der Waals surface area contributed by atoms with Gasteiger partial charge in [-0.25, -0.2) is 0 Å². The third kappa shape index (κ3) is 2.79. The number of nitrogens with two attached hydrogens (primary N) is 1. The maximum atomic E-state index is 10.8. The van der Waals surface area contributed by atoms with Gasteiger partial charge in [-0.2, -0.15) is 0 Å². The molecule has 7 heteroatoms. The lowest BCUT2D eigenvalue weighted by molar-refractivity contribution is -0.385. The van der Waals surface area contributed by atoms with Gasteiger partial charge in [0, 0.05) is 23.1 Å². The van der Waals surface area contributed by atoms with Crippen molar-refractivity contribution in [2.24, 2.45) is 0 Å². The minimum Gasteiger partial charge on any atom is -0.502 e. The SMILES string of the molecule is Nc1cc(Cl)c(Cc2cccc([N+](=O)[O-])c2O)cc1Cl. The topological polar surface area (TPSA) is 89.4 Å². The molecule has 0 aliphatic heterocycles. The summed E-state index contributed by atoms with van der Waals surface area (Å²) in [5, 5.41) is 21.4. The average Bonchev–Trinajstić information content (AvgIpc) is 2.37. The largest absolute Gasteiger partial charge is 0.502 e. The van der Waals surface area contributed by atoms with Gasteiger partial charge in [-0.3, -0.25) is 10.1 Å². The minimum atomic E-state index is -0.642. The highest BCUT2D eigenvalue weighted by Gasteiger charge is 2.17. The Kier molecular flexibility index (Phi) is 4.01. The monoisotopic (exact) mass is 312 g/mol. The van der Waals surface area contributed by atoms with E-state index in [0.717, 1.165) is 0 Å². The van der Waals surface area contributed by atoms with Gasteiger partial charge in [0.15, 0.2) is 5.75 Å². The molecule has 0 aliphatic rings. The predicted octanol–water partition coefficient (Wildman–Crippen LogP) is 3.78. The Morgan fingerprint density at radius 3 is 2.55 bits per heavy atom. The Bertz CT molecular complexity index is 690. The second kappa shape index (κ2) is 5.56. The number of aromatic hydroxyl groups is 1. The number of hydrogen-bond acceptors (Lipinski definition) is 4. The third-order valence-electron chi connectivity index (χ3n) is 2.84. The van der Waals surface area contributed by atoms with Gasteiger partial charge in [0.1, 0.15) is 0 Å². The number of halogens is 2. The van der Waals surface area contributed by atoms with E-state index in [2.05, 4.69) is 0 Å². The van der Waals surface area contributed by atoms with Crippen LogP contribution >= 0.6 is 23.2 Å². The number of phenolic OH excluding ortho intramolecular Hbond substituents is 1. The van der Waals surface area contributed by atoms with Crippen molar-refractivity contribution in [1.82, 2.24) is 0 Å². The van der Waals surface area contributed by atoms with Crippen molar-refractivity contribution in [2.75, 3.05) is 5.73 Å². The molecule has 0 aliphatic carbocycles. The number of nitrogen functional groups attached to an aromatic ring is 1. The molecule has 0 spiro atoms. The van der Waals surface area contributed by atoms with E-state index in [1.54, 1.807) is 12.1 Å². The molecule has 5 nitrogen and oxygen atoms in total. The van der Waals surface area contributed by atoms with E-state index in [9.17, 15) is 15.2 Å². The molecule has 0 saturated carbocycles. The first-order chi connectivity index (χ1) is 9.40. The molecule has 0 radical (unpaired) electrons. The van der Waals surface area contributed by atoms with E-state index in [4.69, 9.17) is 28.9 Å². The van der Waals surface area contributed by atoms with Crippen molar-refractivity contribution in [2.45, 2.75) is 6.42 Å². The summed E-state index contributed by atoms with van der Waals surface area (Å²) in [4.78, 5) is 10.1. The van der Waals surface area contributed by atoms with Gasteiger partial charge < -0.3 is 10.8 Å². The summed E-state index contributed by atoms with van der Waals surface area (Å²) in [6.07, 6.45) is 0.215. The fourth-order valence-electron chi connectivity index (χ4n) is 1.81. The molecule has 2 aromatic rings. The summed E-state index contributed by atoms with van der Waals surface area (Å²) >= 11 is 12.0. The number of anilines is 1. The highest BCUT2D eigenvalue weighted by molar-refractivity contribution is 6.35. The molecule has 2 aromatic carbocycles. The highest BCUT2D eigenvalue weighted by atomic mass is 35.5. The van der Waals surface area contributed by atoms with Crippen LogP contribution in [-0.2, 0) is 6.42 Å². The van der Waals surface area contributed by atoms with Gasteiger partial charge in [-0.1, -0.05) is 35.3 Å². The van der Waals surface area contributed by atoms with Crippen molar-refractivity contribution < 1.29 is 10.0 Å². The Balaban J connectivity index is 2.43. The zero-order valence-corrected chi connectivity index (χ0v) is 11.6. The van der Waals surface area contributed by atoms with E-state index < -0.39 is 4.92 Å². The quantitative estimate of drug-likeness (QED) is 0.512. The van der Waals surface area contributed by atoms with Crippen LogP contribution in [0.5, 0.6) is 5.75 Å². The number of nitro groups is 1. The summed E-state index contributed by atoms with van der Waals surface area (Å²) in [5.41, 5.74) is 6.64. The fourth-order valence-corrected chi connectivity index (χ4v) is 2.24. The first kappa shape index (κ1) is 14.4. The number of nitro benzene ring substituents is 1. The number of hydrogen-bond donors (Lipinski definition) is 2. The first-order valence-corrected chi connectivity index (χ1v) is 6.34. The Morgan fingerprint density at radius 1 is 1.20 bits per heavy atom. The Morgan fingerprint density at radius 2 is 1.90 bits per heavy atom. The molecule has 2 rings (SSSR count). The molecule has 0 atom stereocenters. The molecular formula is C13H10Cl2N2O3. The van der Waals surface area contributed by atoms with E-state index in [-0.39, 0.29) is 17.9 Å². The maximum Gasteiger partial charge on any atom is 0.310 e. The molecule has 3 N–H and O–H groups in total. The highest BCUT2D eigenvalue weighted by Crippen LogP contribution is 2.34. The predicted molar refractivity (Wildman–Crippen MR) is 78.4 cm³/mol. The summed E-state index contributed by atoms with van der Waals surface area (Å²) in [6, 6.07) is 7.41. The Labute approximate surface area is 124 Å². The smallest absolute Gasteiger partial charge is 0.310 e. The molecule has 0 aromatic heterocycles. The van der Waals surface area contributed by atoms with Crippen LogP contribution in [0.3, 0.4) is 0 Å². The van der Waals surface area contributed by atoms with Crippen LogP contribution in [0.4, 0.5) is 11.4 Å². The van der Waals surface area contributed by atoms with Gasteiger partial charge >= 0.3 is 5.69 Å². The zero-order valence-electron chi connectivity index (χ0n) is 10.1. The number of rotatable bonds is 3. The zero-order chi connectivity index (χ0) is 14.9. The van der Waals surface area contributed by atoms with E-state index in [1.807, 2.05) is 0 Å². The van der Waals surface area contributed by atoms with E-state index in [0.29, 0.717) is 26.9 Å². The van der Waals surface area contributed by atoms with Gasteiger partial charge in [-0.15, -0.1) is 0 Å². The molecule has 0 amide bonds. The van der Waals surface area contributed by atoms with Gasteiger partial charge in [0.25, 0.3) is 0 Å². The number of benzene rings is 2. The molecular weight excluding hydrogens is 303 g/mol. The molecule has 0 bridgehead atoms. The molecule has 104 valence electrons. The maximum absolute atomic E-state index is 10.8. The van der Waals surface area contributed by atoms with Gasteiger partial charge in [0.05, 0.1) is 15.6 Å². The molecule has 0 unspecified atom stereocenters. The van der Waals surface area contributed by atoms with Crippen molar-refractivity contribution in [3.05, 3.63) is 61.6 Å². The third-order valence-corrected chi connectivity index (χ3v) is 3.52. The first-order valence-electron chi connectivity index (χ1n) is 5.58. The van der Waals surface area contributed by atoms with Crippen LogP contribution in [-0.4, -0.2) is 10.0 Å². The van der Waals surface area contributed by atoms with Crippen molar-refractivity contribution >= 4 is 34.6 Å². The summed E-state index contributed by atoms with van der Waals surface area (Å²) in [7, 11) is 0. The summed E-state index contributed by atoms with van der Waals surface area (Å²) < 4.78 is 0. The fraction of sp³-hybridized carbons (Fsp3) is 0.0769. The summed E-state index contributed by atoms with van der Waals surface area (Å²) in [5.74, 6) is -0.374. The van der Waals surface area contributed by atoms with Gasteiger partial charge in [-0.05, 0) is 17.7 Å². The van der Waals surface area contributed by atoms with Crippen LogP contribution in [0.25, 0.3) is 0 Å². The second-order valence-corrected chi connectivity index (χ2v) is 5.00. The Hall–Kier alpha value is -1.98. The average molecular weight is 313 g/mol. The van der Waals surface area contributed by atoms with Gasteiger partial charge in [0.2, 0.25) is 0 Å². The van der Waals surface area contributed by atoms with Crippen molar-refractivity contribution in [1.29, 1.82) is 0 Å². The molecule has 0 saturated heterocycles. The number of para-hydroxylation sites is 1. The summed E-state index contributed by atoms with van der Waals surface area (Å²) in [6.45, 7) is 0. The second-order valence-electron chi connectivity index (χ2n) is 4.18. The van der Waals surface area contributed by atoms with Crippen LogP contribution < -0.4 is 5.73 Å². The van der Waals surface area contributed by atoms with Crippen molar-refractivity contribution in [3.63, 3.8) is 0 Å². The number of nitrogens with zero attached hydrogens (tertiary/aromatic N) is 1. The lowest BCUT2D eigenvalue weighted by atomic mass is 10.0. The lowest BCUT2D eigenvalue weighted by Crippen LogP contribution is -1.96. The standard InChI is InChI=1S/C13H10Cl2N2O3/c14-9-6-11(16)10(15)5-8(9)4-7-2-1-3-12(13(7)18)17(19)20/h1-3,5-6,18H,4,16H2. The number of phenols is 1. The van der Waals surface area contributed by atoms with Crippen LogP contribution in [0.15, 0.2) is 30.3 Å². The van der Waals surface area contributed by atoms with Crippen molar-refractivity contribution in [3.8, 4) is 5.75 Å². The van der Waals surface area contributed by atoms with Crippen LogP contribution in [0, 0.1) is 10.1 Å². The van der Waals surface area contributed by atoms with Crippen LogP contribution in [0.2, 0.25) is 10.0 Å². The van der Waals surface area contributed by atoms with E-state index in [1.165, 1.54) is 18.2 Å².